The van der Waals surface area contributed by atoms with Crippen LogP contribution in [0.4, 0.5) is 0 Å². The Morgan fingerprint density at radius 1 is 1.22 bits per heavy atom. The number of nitrogens with zero attached hydrogens (tertiary/aromatic N) is 2. The Hall–Kier alpha value is -1.07. The largest absolute Gasteiger partial charge is 0.374 e. The number of aromatic nitrogens is 2. The average Bonchev–Trinajstić information content (AvgIpc) is 3.12. The van der Waals surface area contributed by atoms with Crippen LogP contribution in [0.1, 0.15) is 68.0 Å². The van der Waals surface area contributed by atoms with E-state index in [9.17, 15) is 14.4 Å². The first kappa shape index (κ1) is 31.1. The maximum absolute atomic E-state index is 12.5. The second-order valence-corrected chi connectivity index (χ2v) is 12.8. The van der Waals surface area contributed by atoms with Crippen LogP contribution in [0.25, 0.3) is 0 Å². The molecule has 0 amide bonds. The molecule has 2 heterocycles. The fourth-order valence-corrected chi connectivity index (χ4v) is 6.64. The lowest BCUT2D eigenvalue weighted by molar-refractivity contribution is -0.117. The Morgan fingerprint density at radius 2 is 1.86 bits per heavy atom. The number of H-pyrrole nitrogens is 1. The summed E-state index contributed by atoms with van der Waals surface area (Å²) in [6.45, 7) is 16.4. The summed E-state index contributed by atoms with van der Waals surface area (Å²) in [5.41, 5.74) is -1.47. The highest BCUT2D eigenvalue weighted by Gasteiger charge is 2.48. The second-order valence-electron chi connectivity index (χ2n) is 10.3. The lowest BCUT2D eigenvalue weighted by Gasteiger charge is -2.38. The zero-order chi connectivity index (χ0) is 27.2. The molecule has 0 radical (unpaired) electrons. The Kier molecular flexibility index (Phi) is 11.8. The number of nitrogens with one attached hydrogen (secondary N) is 1. The zero-order valence-electron chi connectivity index (χ0n) is 22.8. The maximum Gasteiger partial charge on any atom is 0.330 e. The third kappa shape index (κ3) is 7.96. The van der Waals surface area contributed by atoms with Crippen LogP contribution in [0.5, 0.6) is 0 Å². The van der Waals surface area contributed by atoms with E-state index in [0.717, 1.165) is 0 Å². The van der Waals surface area contributed by atoms with Crippen molar-refractivity contribution in [3.05, 3.63) is 33.1 Å². The number of ether oxygens (including phenoxy) is 2. The first-order valence-corrected chi connectivity index (χ1v) is 14.5. The normalized spacial score (nSPS) is 23.7. The smallest absolute Gasteiger partial charge is 0.330 e. The Balaban J connectivity index is 2.27. The number of thioether (sulfide) groups is 1. The minimum absolute atomic E-state index is 0.116. The molecule has 0 spiro atoms. The van der Waals surface area contributed by atoms with Crippen molar-refractivity contribution in [3.8, 4) is 0 Å². The molecule has 36 heavy (non-hydrogen) atoms. The molecule has 1 aliphatic rings. The number of carbonyl (C=O) groups excluding carboxylic acids is 1. The summed E-state index contributed by atoms with van der Waals surface area (Å²) in [6, 6.07) is 1.56. The molecule has 12 heteroatoms. The van der Waals surface area contributed by atoms with Gasteiger partial charge in [-0.05, 0) is 34.1 Å². The molecule has 1 saturated heterocycles. The molecule has 5 atom stereocenters. The van der Waals surface area contributed by atoms with Gasteiger partial charge in [-0.25, -0.2) is 9.46 Å². The van der Waals surface area contributed by atoms with Crippen molar-refractivity contribution >= 4 is 25.4 Å². The molecule has 10 nitrogen and oxygen atoms in total. The quantitative estimate of drug-likeness (QED) is 0.307. The van der Waals surface area contributed by atoms with Gasteiger partial charge in [0.15, 0.2) is 11.3 Å². The van der Waals surface area contributed by atoms with Gasteiger partial charge in [-0.1, -0.05) is 39.5 Å². The highest BCUT2D eigenvalue weighted by Crippen LogP contribution is 2.50. The number of rotatable bonds is 12. The summed E-state index contributed by atoms with van der Waals surface area (Å²) in [6.07, 6.45) is -0.210. The first-order chi connectivity index (χ1) is 16.8. The molecule has 1 fully saturated rings. The summed E-state index contributed by atoms with van der Waals surface area (Å²) < 4.78 is 28.4. The number of hydrogen-bond donors (Lipinski definition) is 1. The van der Waals surface area contributed by atoms with Crippen molar-refractivity contribution in [2.75, 3.05) is 19.5 Å². The molecule has 0 aliphatic carbocycles. The summed E-state index contributed by atoms with van der Waals surface area (Å²) in [5.74, 6) is 0.518. The molecule has 0 saturated carbocycles. The first-order valence-electron chi connectivity index (χ1n) is 12.4. The molecule has 2 unspecified atom stereocenters. The van der Waals surface area contributed by atoms with E-state index in [2.05, 4.69) is 37.3 Å². The average molecular weight is 548 g/mol. The van der Waals surface area contributed by atoms with E-state index in [-0.39, 0.29) is 23.3 Å². The van der Waals surface area contributed by atoms with Gasteiger partial charge in [0.2, 0.25) is 0 Å². The number of methoxy groups -OCH3 is 1. The SMILES string of the molecule is CC[C@H]1O[C@@H](n2ccc(=O)[nH]c2=O)[C@@H](OC)C1OP(OCCSC(=O)C(C)(C)C)N(C(C)C)C(C)C. The van der Waals surface area contributed by atoms with Crippen molar-refractivity contribution in [2.24, 2.45) is 5.41 Å². The minimum atomic E-state index is -1.53. The summed E-state index contributed by atoms with van der Waals surface area (Å²) in [4.78, 5) is 38.6. The molecule has 1 aromatic heterocycles. The highest BCUT2D eigenvalue weighted by molar-refractivity contribution is 8.13. The van der Waals surface area contributed by atoms with Crippen molar-refractivity contribution in [1.29, 1.82) is 0 Å². The van der Waals surface area contributed by atoms with Crippen LogP contribution < -0.4 is 11.2 Å². The topological polar surface area (TPSA) is 112 Å². The fourth-order valence-electron chi connectivity index (χ4n) is 3.96. The van der Waals surface area contributed by atoms with Crippen LogP contribution in [0.3, 0.4) is 0 Å². The van der Waals surface area contributed by atoms with Crippen molar-refractivity contribution < 1.29 is 23.3 Å². The monoisotopic (exact) mass is 547 g/mol. The molecule has 1 N–H and O–H groups in total. The van der Waals surface area contributed by atoms with Gasteiger partial charge >= 0.3 is 5.69 Å². The maximum atomic E-state index is 12.5. The molecular formula is C24H42N3O7PS. The van der Waals surface area contributed by atoms with Gasteiger partial charge < -0.3 is 18.5 Å². The number of carbonyl (C=O) groups is 1. The Morgan fingerprint density at radius 3 is 2.36 bits per heavy atom. The van der Waals surface area contributed by atoms with Crippen molar-refractivity contribution in [1.82, 2.24) is 14.2 Å². The fraction of sp³-hybridized carbons (Fsp3) is 0.792. The molecule has 206 valence electrons. The predicted molar refractivity (Wildman–Crippen MR) is 143 cm³/mol. The Bertz CT molecular complexity index is 954. The highest BCUT2D eigenvalue weighted by atomic mass is 32.2. The van der Waals surface area contributed by atoms with Gasteiger partial charge in [0, 0.05) is 42.6 Å². The number of hydrogen-bond acceptors (Lipinski definition) is 9. The van der Waals surface area contributed by atoms with Crippen molar-refractivity contribution in [2.45, 2.75) is 98.4 Å². The molecule has 0 bridgehead atoms. The van der Waals surface area contributed by atoms with Crippen LogP contribution in [0.15, 0.2) is 21.9 Å². The van der Waals surface area contributed by atoms with E-state index in [4.69, 9.17) is 18.5 Å². The molecule has 0 aromatic carbocycles. The van der Waals surface area contributed by atoms with E-state index >= 15 is 0 Å². The Labute approximate surface area is 219 Å². The van der Waals surface area contributed by atoms with Crippen LogP contribution in [0.2, 0.25) is 0 Å². The lowest BCUT2D eigenvalue weighted by Crippen LogP contribution is -2.41. The molecule has 1 aromatic rings. The third-order valence-corrected chi connectivity index (χ3v) is 9.05. The van der Waals surface area contributed by atoms with Crippen LogP contribution in [0, 0.1) is 5.41 Å². The molecular weight excluding hydrogens is 505 g/mol. The zero-order valence-corrected chi connectivity index (χ0v) is 24.6. The second kappa shape index (κ2) is 13.6. The lowest BCUT2D eigenvalue weighted by atomic mass is 10.00. The van der Waals surface area contributed by atoms with E-state index in [1.54, 1.807) is 7.11 Å². The van der Waals surface area contributed by atoms with Gasteiger partial charge in [-0.2, -0.15) is 0 Å². The van der Waals surface area contributed by atoms with Crippen molar-refractivity contribution in [3.63, 3.8) is 0 Å². The van der Waals surface area contributed by atoms with E-state index in [1.807, 2.05) is 27.7 Å². The molecule has 1 aliphatic heterocycles. The van der Waals surface area contributed by atoms with Crippen LogP contribution in [-0.4, -0.2) is 69.2 Å². The molecule has 2 rings (SSSR count). The van der Waals surface area contributed by atoms with E-state index in [1.165, 1.54) is 28.6 Å². The van der Waals surface area contributed by atoms with E-state index < -0.39 is 43.6 Å². The van der Waals surface area contributed by atoms with Gasteiger partial charge in [0.1, 0.15) is 12.2 Å². The van der Waals surface area contributed by atoms with Gasteiger partial charge in [-0.3, -0.25) is 19.1 Å². The minimum Gasteiger partial charge on any atom is -0.374 e. The van der Waals surface area contributed by atoms with Crippen LogP contribution >= 0.6 is 20.3 Å². The van der Waals surface area contributed by atoms with E-state index in [0.29, 0.717) is 18.8 Å². The van der Waals surface area contributed by atoms with Gasteiger partial charge in [0.05, 0.1) is 12.7 Å². The van der Waals surface area contributed by atoms with Crippen LogP contribution in [-0.2, 0) is 23.3 Å². The summed E-state index contributed by atoms with van der Waals surface area (Å²) in [5, 5.41) is 0.116. The van der Waals surface area contributed by atoms with Gasteiger partial charge in [-0.15, -0.1) is 0 Å². The predicted octanol–water partition coefficient (Wildman–Crippen LogP) is 3.91. The summed E-state index contributed by atoms with van der Waals surface area (Å²) >= 11 is 1.26. The standard InChI is InChI=1S/C24H42N3O7PS/c1-10-17-19(20(31-9)21(33-17)26-12-11-18(28)25-23(26)30)34-35(27(15(2)3)16(4)5)32-13-14-36-22(29)24(6,7)8/h11-12,15-17,19-21H,10,13-14H2,1-9H3,(H,25,28,30)/t17-,19?,20+,21-,35?/m1/s1. The third-order valence-electron chi connectivity index (χ3n) is 5.67. The summed E-state index contributed by atoms with van der Waals surface area (Å²) in [7, 11) is 0.0134. The van der Waals surface area contributed by atoms with Gasteiger partial charge in [0.25, 0.3) is 14.1 Å². The number of aromatic amines is 1.